The van der Waals surface area contributed by atoms with Crippen LogP contribution in [0.1, 0.15) is 40.0 Å². The van der Waals surface area contributed by atoms with Crippen LogP contribution < -0.4 is 10.1 Å². The van der Waals surface area contributed by atoms with Crippen molar-refractivity contribution in [3.63, 3.8) is 0 Å². The summed E-state index contributed by atoms with van der Waals surface area (Å²) in [5.41, 5.74) is 1.70. The minimum atomic E-state index is -1.17. The Morgan fingerprint density at radius 1 is 0.946 bits per heavy atom. The van der Waals surface area contributed by atoms with Gasteiger partial charge in [-0.1, -0.05) is 36.4 Å². The molecule has 1 amide bonds. The molecular formula is C29H32N2O6. The number of aromatic hydroxyl groups is 1. The number of aromatic carboxylic acids is 1. The zero-order valence-corrected chi connectivity index (χ0v) is 20.6. The molecule has 0 bridgehead atoms. The number of hydrogen-bond acceptors (Lipinski definition) is 6. The third kappa shape index (κ3) is 6.87. The van der Waals surface area contributed by atoms with E-state index in [1.165, 1.54) is 18.2 Å². The second kappa shape index (κ2) is 12.4. The number of carboxylic acids is 1. The summed E-state index contributed by atoms with van der Waals surface area (Å²) >= 11 is 0. The highest BCUT2D eigenvalue weighted by molar-refractivity contribution is 6.09. The second-order valence-corrected chi connectivity index (χ2v) is 9.21. The van der Waals surface area contributed by atoms with Crippen molar-refractivity contribution in [2.24, 2.45) is 5.92 Å². The van der Waals surface area contributed by atoms with E-state index in [2.05, 4.69) is 10.2 Å². The van der Waals surface area contributed by atoms with Crippen molar-refractivity contribution in [3.8, 4) is 22.6 Å². The maximum atomic E-state index is 13.1. The number of phenolic OH excluding ortho intramolecular Hbond substituents is 1. The van der Waals surface area contributed by atoms with E-state index >= 15 is 0 Å². The molecule has 1 saturated heterocycles. The summed E-state index contributed by atoms with van der Waals surface area (Å²) in [5.74, 6) is -1.02. The van der Waals surface area contributed by atoms with Crippen LogP contribution >= 0.6 is 0 Å². The molecule has 0 unspecified atom stereocenters. The molecule has 0 aromatic heterocycles. The van der Waals surface area contributed by atoms with Crippen molar-refractivity contribution in [1.29, 1.82) is 0 Å². The predicted octanol–water partition coefficient (Wildman–Crippen LogP) is 4.48. The summed E-state index contributed by atoms with van der Waals surface area (Å²) in [4.78, 5) is 27.2. The van der Waals surface area contributed by atoms with Gasteiger partial charge >= 0.3 is 5.97 Å². The van der Waals surface area contributed by atoms with Crippen molar-refractivity contribution in [3.05, 3.63) is 77.9 Å². The Bertz CT molecular complexity index is 1220. The fourth-order valence-corrected chi connectivity index (χ4v) is 4.59. The molecule has 1 aliphatic heterocycles. The fraction of sp³-hybridized carbons (Fsp3) is 0.310. The molecular weight excluding hydrogens is 472 g/mol. The molecule has 0 radical (unpaired) electrons. The van der Waals surface area contributed by atoms with Gasteiger partial charge < -0.3 is 25.4 Å². The number of nitrogens with zero attached hydrogens (tertiary/aromatic N) is 1. The molecule has 1 aliphatic rings. The van der Waals surface area contributed by atoms with Gasteiger partial charge in [-0.15, -0.1) is 0 Å². The van der Waals surface area contributed by atoms with Gasteiger partial charge in [-0.05, 0) is 79.7 Å². The maximum Gasteiger partial charge on any atom is 0.337 e. The number of hydrogen-bond donors (Lipinski definition) is 4. The van der Waals surface area contributed by atoms with Gasteiger partial charge in [0.05, 0.1) is 16.8 Å². The number of carboxylic acid groups (broad SMARTS) is 1. The van der Waals surface area contributed by atoms with Gasteiger partial charge in [-0.3, -0.25) is 9.69 Å². The monoisotopic (exact) mass is 504 g/mol. The molecule has 1 fully saturated rings. The number of ether oxygens (including phenoxy) is 1. The van der Waals surface area contributed by atoms with Crippen LogP contribution in [0.25, 0.3) is 11.1 Å². The number of aliphatic hydroxyl groups is 1. The molecule has 0 aliphatic carbocycles. The number of anilines is 1. The number of piperidine rings is 1. The Labute approximate surface area is 216 Å². The highest BCUT2D eigenvalue weighted by atomic mass is 16.5. The van der Waals surface area contributed by atoms with E-state index in [0.29, 0.717) is 18.3 Å². The molecule has 8 nitrogen and oxygen atoms in total. The van der Waals surface area contributed by atoms with Crippen molar-refractivity contribution in [1.82, 2.24) is 4.90 Å². The summed E-state index contributed by atoms with van der Waals surface area (Å²) < 4.78 is 5.85. The summed E-state index contributed by atoms with van der Waals surface area (Å²) in [6, 6.07) is 18.6. The summed E-state index contributed by atoms with van der Waals surface area (Å²) in [5, 5.41) is 31.7. The number of likely N-dealkylation sites (tertiary alicyclic amines) is 1. The van der Waals surface area contributed by atoms with Crippen molar-refractivity contribution >= 4 is 17.6 Å². The molecule has 0 spiro atoms. The lowest BCUT2D eigenvalue weighted by molar-refractivity contribution is 0.0698. The molecule has 0 atom stereocenters. The Balaban J connectivity index is 1.42. The van der Waals surface area contributed by atoms with Crippen LogP contribution in [0.15, 0.2) is 66.7 Å². The van der Waals surface area contributed by atoms with Crippen LogP contribution in [0.4, 0.5) is 5.69 Å². The van der Waals surface area contributed by atoms with E-state index in [9.17, 15) is 19.8 Å². The number of rotatable bonds is 10. The largest absolute Gasteiger partial charge is 0.507 e. The van der Waals surface area contributed by atoms with Crippen LogP contribution in [0.5, 0.6) is 11.5 Å². The Morgan fingerprint density at radius 3 is 2.41 bits per heavy atom. The van der Waals surface area contributed by atoms with E-state index in [4.69, 9.17) is 9.84 Å². The van der Waals surface area contributed by atoms with Gasteiger partial charge in [0.2, 0.25) is 0 Å². The zero-order valence-electron chi connectivity index (χ0n) is 20.6. The lowest BCUT2D eigenvalue weighted by Gasteiger charge is -2.31. The smallest absolute Gasteiger partial charge is 0.337 e. The van der Waals surface area contributed by atoms with Gasteiger partial charge in [-0.2, -0.15) is 0 Å². The van der Waals surface area contributed by atoms with E-state index in [0.717, 1.165) is 50.0 Å². The molecule has 4 N–H and O–H groups in total. The summed E-state index contributed by atoms with van der Waals surface area (Å²) in [6.07, 6.45) is 2.98. The molecule has 37 heavy (non-hydrogen) atoms. The fourth-order valence-electron chi connectivity index (χ4n) is 4.59. The summed E-state index contributed by atoms with van der Waals surface area (Å²) in [7, 11) is 0. The summed E-state index contributed by atoms with van der Waals surface area (Å²) in [6.45, 7) is 3.33. The van der Waals surface area contributed by atoms with Crippen LogP contribution in [-0.4, -0.2) is 64.9 Å². The zero-order chi connectivity index (χ0) is 26.2. The Morgan fingerprint density at radius 2 is 1.70 bits per heavy atom. The normalized spacial score (nSPS) is 14.3. The first-order valence-corrected chi connectivity index (χ1v) is 12.5. The molecule has 4 rings (SSSR count). The van der Waals surface area contributed by atoms with Gasteiger partial charge in [0, 0.05) is 13.2 Å². The minimum absolute atomic E-state index is 0.0104. The molecule has 194 valence electrons. The third-order valence-electron chi connectivity index (χ3n) is 6.74. The molecule has 1 heterocycles. The first kappa shape index (κ1) is 26.2. The standard InChI is InChI=1S/C29H32N2O6/c32-16-12-20-10-13-31(14-11-20)15-17-37-23-7-9-27(33)25(19-23)28(34)30-26-18-22(6-8-24(26)29(35)36)21-4-2-1-3-5-21/h1-9,18-20,32-33H,10-17H2,(H,30,34)(H,35,36). The third-order valence-corrected chi connectivity index (χ3v) is 6.74. The van der Waals surface area contributed by atoms with Crippen LogP contribution in [0, 0.1) is 5.92 Å². The number of carbonyl (C=O) groups excluding carboxylic acids is 1. The molecule has 3 aromatic carbocycles. The number of benzene rings is 3. The van der Waals surface area contributed by atoms with Crippen molar-refractivity contribution < 1.29 is 29.6 Å². The molecule has 8 heteroatoms. The van der Waals surface area contributed by atoms with E-state index in [1.54, 1.807) is 18.2 Å². The van der Waals surface area contributed by atoms with E-state index in [-0.39, 0.29) is 29.2 Å². The van der Waals surface area contributed by atoms with E-state index < -0.39 is 11.9 Å². The van der Waals surface area contributed by atoms with Crippen molar-refractivity contribution in [2.75, 3.05) is 38.2 Å². The van der Waals surface area contributed by atoms with Crippen LogP contribution in [0.3, 0.4) is 0 Å². The maximum absolute atomic E-state index is 13.1. The van der Waals surface area contributed by atoms with Gasteiger partial charge in [0.1, 0.15) is 18.1 Å². The topological polar surface area (TPSA) is 119 Å². The first-order chi connectivity index (χ1) is 17.9. The second-order valence-electron chi connectivity index (χ2n) is 9.21. The number of amides is 1. The first-order valence-electron chi connectivity index (χ1n) is 12.5. The molecule has 0 saturated carbocycles. The van der Waals surface area contributed by atoms with Gasteiger partial charge in [0.15, 0.2) is 0 Å². The van der Waals surface area contributed by atoms with Gasteiger partial charge in [-0.25, -0.2) is 4.79 Å². The van der Waals surface area contributed by atoms with Gasteiger partial charge in [0.25, 0.3) is 5.91 Å². The number of phenols is 1. The minimum Gasteiger partial charge on any atom is -0.507 e. The number of nitrogens with one attached hydrogen (secondary N) is 1. The molecule has 3 aromatic rings. The number of aliphatic hydroxyl groups excluding tert-OH is 1. The lowest BCUT2D eigenvalue weighted by atomic mass is 9.94. The average Bonchev–Trinajstić information content (AvgIpc) is 2.91. The van der Waals surface area contributed by atoms with Crippen LogP contribution in [-0.2, 0) is 0 Å². The highest BCUT2D eigenvalue weighted by Crippen LogP contribution is 2.29. The quantitative estimate of drug-likeness (QED) is 0.321. The SMILES string of the molecule is O=C(Nc1cc(-c2ccccc2)ccc1C(=O)O)c1cc(OCCN2CCC(CCO)CC2)ccc1O. The average molecular weight is 505 g/mol. The van der Waals surface area contributed by atoms with Crippen LogP contribution in [0.2, 0.25) is 0 Å². The number of carbonyl (C=O) groups is 2. The highest BCUT2D eigenvalue weighted by Gasteiger charge is 2.20. The predicted molar refractivity (Wildman–Crippen MR) is 141 cm³/mol. The van der Waals surface area contributed by atoms with Crippen molar-refractivity contribution in [2.45, 2.75) is 19.3 Å². The Hall–Kier alpha value is -3.88. The Kier molecular flexibility index (Phi) is 8.77. The van der Waals surface area contributed by atoms with E-state index in [1.807, 2.05) is 30.3 Å². The lowest BCUT2D eigenvalue weighted by Crippen LogP contribution is -2.36.